The summed E-state index contributed by atoms with van der Waals surface area (Å²) >= 11 is 1.81. The molecule has 0 N–H and O–H groups in total. The molecule has 23 heavy (non-hydrogen) atoms. The Balaban J connectivity index is 1.74. The van der Waals surface area contributed by atoms with Crippen LogP contribution in [0.2, 0.25) is 0 Å². The molecular formula is C16H15IN2O4. The third-order valence-electron chi connectivity index (χ3n) is 4.23. The number of carbonyl (C=O) groups is 1. The number of hydrogen-bond donors (Lipinski definition) is 0. The van der Waals surface area contributed by atoms with Crippen LogP contribution in [0.5, 0.6) is 5.75 Å². The van der Waals surface area contributed by atoms with Crippen molar-refractivity contribution in [3.05, 3.63) is 41.5 Å². The van der Waals surface area contributed by atoms with Crippen molar-refractivity contribution in [2.45, 2.75) is 25.4 Å². The molecule has 0 amide bonds. The van der Waals surface area contributed by atoms with Gasteiger partial charge < -0.3 is 12.5 Å². The van der Waals surface area contributed by atoms with Crippen molar-refractivity contribution in [3.8, 4) is 11.4 Å². The second-order valence-electron chi connectivity index (χ2n) is 6.07. The van der Waals surface area contributed by atoms with E-state index in [2.05, 4.69) is 4.98 Å². The van der Waals surface area contributed by atoms with Crippen molar-refractivity contribution in [2.24, 2.45) is 0 Å². The molecule has 4 rings (SSSR count). The van der Waals surface area contributed by atoms with Gasteiger partial charge in [0, 0.05) is 18.5 Å². The van der Waals surface area contributed by atoms with Crippen LogP contribution in [-0.4, -0.2) is 34.3 Å². The van der Waals surface area contributed by atoms with Crippen molar-refractivity contribution in [1.82, 2.24) is 9.55 Å². The molecule has 2 aromatic rings. The van der Waals surface area contributed by atoms with Crippen LogP contribution in [0.25, 0.3) is 5.69 Å². The van der Waals surface area contributed by atoms with Gasteiger partial charge in [-0.15, -0.1) is 0 Å². The first kappa shape index (κ1) is 14.9. The highest BCUT2D eigenvalue weighted by molar-refractivity contribution is 14.1. The summed E-state index contributed by atoms with van der Waals surface area (Å²) in [6.07, 6.45) is 3.10. The maximum absolute atomic E-state index is 12.5. The van der Waals surface area contributed by atoms with E-state index in [4.69, 9.17) is 12.5 Å². The summed E-state index contributed by atoms with van der Waals surface area (Å²) in [7, 11) is 0. The summed E-state index contributed by atoms with van der Waals surface area (Å²) in [6, 6.07) is 5.91. The quantitative estimate of drug-likeness (QED) is 0.558. The Morgan fingerprint density at radius 2 is 2.35 bits per heavy atom. The third kappa shape index (κ3) is 2.51. The summed E-state index contributed by atoms with van der Waals surface area (Å²) in [4.78, 5) is 16.9. The Morgan fingerprint density at radius 1 is 1.48 bits per heavy atom. The fraction of sp³-hybridized carbons (Fsp3) is 0.375. The molecule has 2 aliphatic heterocycles. The third-order valence-corrected chi connectivity index (χ3v) is 4.54. The molecule has 0 bridgehead atoms. The monoisotopic (exact) mass is 426 g/mol. The normalized spacial score (nSPS) is 22.3. The number of halogens is 1. The molecule has 6 nitrogen and oxygen atoms in total. The van der Waals surface area contributed by atoms with Gasteiger partial charge in [0.05, 0.1) is 18.9 Å². The lowest BCUT2D eigenvalue weighted by atomic mass is 9.97. The predicted molar refractivity (Wildman–Crippen MR) is 90.3 cm³/mol. The maximum Gasteiger partial charge on any atom is 0.357 e. The average Bonchev–Trinajstić information content (AvgIpc) is 3.12. The summed E-state index contributed by atoms with van der Waals surface area (Å²) in [5, 5.41) is 0. The van der Waals surface area contributed by atoms with Crippen molar-refractivity contribution >= 4 is 29.0 Å². The number of rotatable bonds is 3. The van der Waals surface area contributed by atoms with E-state index in [1.54, 1.807) is 10.9 Å². The van der Waals surface area contributed by atoms with Gasteiger partial charge in [0.15, 0.2) is 5.69 Å². The highest BCUT2D eigenvalue weighted by atomic mass is 127. The van der Waals surface area contributed by atoms with Gasteiger partial charge in [-0.05, 0) is 30.7 Å². The van der Waals surface area contributed by atoms with Gasteiger partial charge in [-0.1, -0.05) is 0 Å². The van der Waals surface area contributed by atoms with Crippen molar-refractivity contribution < 1.29 is 17.3 Å². The summed E-state index contributed by atoms with van der Waals surface area (Å²) in [6.45, 7) is 2.90. The topological polar surface area (TPSA) is 62.6 Å². The van der Waals surface area contributed by atoms with E-state index < -0.39 is 5.60 Å². The lowest BCUT2D eigenvalue weighted by molar-refractivity contribution is -0.0315. The number of ether oxygens (including phenoxy) is 2. The Labute approximate surface area is 147 Å². The molecule has 0 radical (unpaired) electrons. The number of cyclic esters (lactones) is 1. The van der Waals surface area contributed by atoms with E-state index in [0.717, 1.165) is 29.1 Å². The number of hydrogen-bond acceptors (Lipinski definition) is 5. The van der Waals surface area contributed by atoms with Crippen LogP contribution >= 0.6 is 23.0 Å². The molecule has 2 aliphatic rings. The predicted octanol–water partition coefficient (Wildman–Crippen LogP) is 2.65. The number of nitrogens with zero attached hydrogens (tertiary/aromatic N) is 2. The van der Waals surface area contributed by atoms with Gasteiger partial charge in [-0.3, -0.25) is 4.57 Å². The maximum atomic E-state index is 12.5. The van der Waals surface area contributed by atoms with Gasteiger partial charge in [0.2, 0.25) is 0 Å². The minimum Gasteiger partial charge on any atom is -0.493 e. The van der Waals surface area contributed by atoms with Crippen LogP contribution in [0.15, 0.2) is 24.5 Å². The number of aromatic nitrogens is 2. The Bertz CT molecular complexity index is 788. The largest absolute Gasteiger partial charge is 0.493 e. The van der Waals surface area contributed by atoms with E-state index >= 15 is 0 Å². The number of carbonyl (C=O) groups excluding carboxylic acids is 1. The van der Waals surface area contributed by atoms with Crippen LogP contribution in [0, 0.1) is 0 Å². The number of imidazole rings is 1. The first-order chi connectivity index (χ1) is 11.1. The van der Waals surface area contributed by atoms with E-state index in [1.165, 1.54) is 0 Å². The number of fused-ring (bicyclic) bond motifs is 2. The molecule has 1 aromatic heterocycles. The first-order valence-electron chi connectivity index (χ1n) is 7.39. The van der Waals surface area contributed by atoms with Crippen molar-refractivity contribution in [1.29, 1.82) is 0 Å². The van der Waals surface area contributed by atoms with Crippen LogP contribution in [0.3, 0.4) is 0 Å². The lowest BCUT2D eigenvalue weighted by Gasteiger charge is -2.31. The van der Waals surface area contributed by atoms with E-state index in [9.17, 15) is 4.79 Å². The molecule has 1 unspecified atom stereocenters. The van der Waals surface area contributed by atoms with Gasteiger partial charge in [0.1, 0.15) is 40.7 Å². The Kier molecular flexibility index (Phi) is 3.56. The number of benzene rings is 1. The second-order valence-corrected chi connectivity index (χ2v) is 6.69. The van der Waals surface area contributed by atoms with Crippen LogP contribution < -0.4 is 4.74 Å². The lowest BCUT2D eigenvalue weighted by Crippen LogP contribution is -2.42. The zero-order chi connectivity index (χ0) is 16.0. The molecule has 0 saturated heterocycles. The highest BCUT2D eigenvalue weighted by Gasteiger charge is 2.40. The molecule has 1 aromatic carbocycles. The van der Waals surface area contributed by atoms with Crippen LogP contribution in [0.4, 0.5) is 0 Å². The van der Waals surface area contributed by atoms with Crippen LogP contribution in [-0.2, 0) is 20.6 Å². The molecule has 1 atom stereocenters. The fourth-order valence-corrected chi connectivity index (χ4v) is 3.77. The average molecular weight is 426 g/mol. The summed E-state index contributed by atoms with van der Waals surface area (Å²) < 4.78 is 18.1. The molecule has 7 heteroatoms. The summed E-state index contributed by atoms with van der Waals surface area (Å²) in [5.41, 5.74) is 2.62. The second kappa shape index (κ2) is 5.48. The summed E-state index contributed by atoms with van der Waals surface area (Å²) in [5.74, 6) is 0.550. The molecule has 0 fully saturated rings. The van der Waals surface area contributed by atoms with E-state index in [0.29, 0.717) is 25.3 Å². The highest BCUT2D eigenvalue weighted by Crippen LogP contribution is 2.32. The first-order valence-corrected chi connectivity index (χ1v) is 8.27. The van der Waals surface area contributed by atoms with Crippen LogP contribution in [0.1, 0.15) is 28.7 Å². The molecule has 0 saturated carbocycles. The fourth-order valence-electron chi connectivity index (χ4n) is 3.11. The molecular weight excluding hydrogens is 411 g/mol. The zero-order valence-corrected chi connectivity index (χ0v) is 14.7. The minimum atomic E-state index is -0.670. The van der Waals surface area contributed by atoms with Gasteiger partial charge in [-0.25, -0.2) is 9.78 Å². The number of esters is 1. The van der Waals surface area contributed by atoms with Gasteiger partial charge >= 0.3 is 5.97 Å². The van der Waals surface area contributed by atoms with E-state index in [-0.39, 0.29) is 5.97 Å². The van der Waals surface area contributed by atoms with Gasteiger partial charge in [-0.2, -0.15) is 0 Å². The van der Waals surface area contributed by atoms with Gasteiger partial charge in [0.25, 0.3) is 0 Å². The molecule has 0 aliphatic carbocycles. The molecule has 120 valence electrons. The van der Waals surface area contributed by atoms with E-state index in [1.807, 2.05) is 48.1 Å². The molecule has 0 spiro atoms. The minimum absolute atomic E-state index is 0.335. The van der Waals surface area contributed by atoms with Crippen molar-refractivity contribution in [2.75, 3.05) is 13.2 Å². The van der Waals surface area contributed by atoms with Crippen molar-refractivity contribution in [3.63, 3.8) is 0 Å². The smallest absolute Gasteiger partial charge is 0.357 e. The SMILES string of the molecule is CC1(COI)Cc2ncn(-c3ccc4c(c3)CCO4)c2C(=O)O1. The Hall–Kier alpha value is -1.61. The Morgan fingerprint density at radius 3 is 3.17 bits per heavy atom. The zero-order valence-electron chi connectivity index (χ0n) is 12.5. The molecule has 3 heterocycles. The standard InChI is InChI=1S/C16H15IN2O4/c1-16(8-22-17)7-12-14(15(20)23-16)19(9-18-12)11-2-3-13-10(6-11)4-5-21-13/h2-3,6,9H,4-5,7-8H2,1H3.